The summed E-state index contributed by atoms with van der Waals surface area (Å²) in [5, 5.41) is 5.85. The molecule has 2 aromatic rings. The average Bonchev–Trinajstić information content (AvgIpc) is 2.64. The van der Waals surface area contributed by atoms with Crippen molar-refractivity contribution < 1.29 is 13.6 Å². The third kappa shape index (κ3) is 5.43. The highest BCUT2D eigenvalue weighted by Gasteiger charge is 2.25. The summed E-state index contributed by atoms with van der Waals surface area (Å²) in [5.41, 5.74) is 0.837. The highest BCUT2D eigenvalue weighted by molar-refractivity contribution is 8.00. The van der Waals surface area contributed by atoms with Crippen LogP contribution in [-0.4, -0.2) is 25.0 Å². The molecule has 0 radical (unpaired) electrons. The smallest absolute Gasteiger partial charge is 0.238 e. The second kappa shape index (κ2) is 9.90. The van der Waals surface area contributed by atoms with Gasteiger partial charge in [-0.15, -0.1) is 24.2 Å². The molecule has 2 aromatic carbocycles. The molecule has 1 fully saturated rings. The topological polar surface area (TPSA) is 41.1 Å². The monoisotopic (exact) mass is 398 g/mol. The molecule has 3 rings (SSSR count). The fourth-order valence-corrected chi connectivity index (χ4v) is 3.89. The molecule has 3 nitrogen and oxygen atoms in total. The molecule has 1 heterocycles. The van der Waals surface area contributed by atoms with Gasteiger partial charge in [0.1, 0.15) is 5.25 Å². The first-order valence-corrected chi connectivity index (χ1v) is 9.19. The number of benzene rings is 2. The fourth-order valence-electron chi connectivity index (χ4n) is 2.83. The summed E-state index contributed by atoms with van der Waals surface area (Å²) in [7, 11) is 0. The third-order valence-corrected chi connectivity index (χ3v) is 5.42. The molecule has 1 saturated heterocycles. The number of piperidine rings is 1. The molecular formula is C19H21ClF2N2OS. The van der Waals surface area contributed by atoms with Gasteiger partial charge in [-0.2, -0.15) is 0 Å². The predicted molar refractivity (Wildman–Crippen MR) is 103 cm³/mol. The minimum absolute atomic E-state index is 0. The van der Waals surface area contributed by atoms with Crippen molar-refractivity contribution in [3.63, 3.8) is 0 Å². The molecule has 0 bridgehead atoms. The molecule has 0 saturated carbocycles. The number of hydrogen-bond donors (Lipinski definition) is 2. The number of carbonyl (C=O) groups is 1. The van der Waals surface area contributed by atoms with Gasteiger partial charge in [-0.3, -0.25) is 4.79 Å². The van der Waals surface area contributed by atoms with E-state index in [1.807, 2.05) is 30.3 Å². The Morgan fingerprint density at radius 3 is 2.42 bits per heavy atom. The molecule has 140 valence electrons. The molecule has 1 aliphatic rings. The van der Waals surface area contributed by atoms with Crippen LogP contribution < -0.4 is 10.6 Å². The summed E-state index contributed by atoms with van der Waals surface area (Å²) in [6.07, 6.45) is 1.78. The van der Waals surface area contributed by atoms with Crippen LogP contribution in [0, 0.1) is 11.6 Å². The van der Waals surface area contributed by atoms with E-state index in [-0.39, 0.29) is 24.4 Å². The Hall–Kier alpha value is -1.63. The SMILES string of the molecule is Cl.O=C(NC1CCNCC1)C(Sc1ccc(F)c(F)c1)c1ccccc1. The molecule has 7 heteroatoms. The van der Waals surface area contributed by atoms with Gasteiger partial charge in [0, 0.05) is 10.9 Å². The van der Waals surface area contributed by atoms with Crippen molar-refractivity contribution in [3.8, 4) is 0 Å². The van der Waals surface area contributed by atoms with Gasteiger partial charge in [0.25, 0.3) is 0 Å². The van der Waals surface area contributed by atoms with Crippen LogP contribution in [0.5, 0.6) is 0 Å². The first-order valence-electron chi connectivity index (χ1n) is 8.31. The lowest BCUT2D eigenvalue weighted by atomic mass is 10.1. The van der Waals surface area contributed by atoms with Crippen molar-refractivity contribution in [2.24, 2.45) is 0 Å². The predicted octanol–water partition coefficient (Wildman–Crippen LogP) is 4.09. The Labute approximate surface area is 162 Å². The average molecular weight is 399 g/mol. The minimum Gasteiger partial charge on any atom is -0.352 e. The van der Waals surface area contributed by atoms with Crippen LogP contribution in [0.25, 0.3) is 0 Å². The van der Waals surface area contributed by atoms with E-state index in [2.05, 4.69) is 10.6 Å². The Morgan fingerprint density at radius 1 is 1.08 bits per heavy atom. The van der Waals surface area contributed by atoms with E-state index in [4.69, 9.17) is 0 Å². The van der Waals surface area contributed by atoms with Crippen LogP contribution in [0.2, 0.25) is 0 Å². The Balaban J connectivity index is 0.00000243. The van der Waals surface area contributed by atoms with Crippen molar-refractivity contribution >= 4 is 30.1 Å². The highest BCUT2D eigenvalue weighted by Crippen LogP contribution is 2.36. The first kappa shape index (κ1) is 20.7. The van der Waals surface area contributed by atoms with Crippen LogP contribution in [0.1, 0.15) is 23.7 Å². The maximum absolute atomic E-state index is 13.5. The van der Waals surface area contributed by atoms with Crippen molar-refractivity contribution in [3.05, 3.63) is 65.7 Å². The Morgan fingerprint density at radius 2 is 1.77 bits per heavy atom. The maximum Gasteiger partial charge on any atom is 0.238 e. The second-order valence-electron chi connectivity index (χ2n) is 6.02. The zero-order chi connectivity index (χ0) is 17.6. The molecule has 26 heavy (non-hydrogen) atoms. The van der Waals surface area contributed by atoms with Crippen molar-refractivity contribution in [1.82, 2.24) is 10.6 Å². The lowest BCUT2D eigenvalue weighted by Gasteiger charge is -2.26. The van der Waals surface area contributed by atoms with Gasteiger partial charge in [-0.1, -0.05) is 30.3 Å². The van der Waals surface area contributed by atoms with Gasteiger partial charge in [0.15, 0.2) is 11.6 Å². The van der Waals surface area contributed by atoms with Crippen molar-refractivity contribution in [1.29, 1.82) is 0 Å². The third-order valence-electron chi connectivity index (χ3n) is 4.17. The summed E-state index contributed by atoms with van der Waals surface area (Å²) < 4.78 is 26.7. The summed E-state index contributed by atoms with van der Waals surface area (Å²) in [4.78, 5) is 13.4. The van der Waals surface area contributed by atoms with Crippen LogP contribution in [0.4, 0.5) is 8.78 Å². The number of rotatable bonds is 5. The van der Waals surface area contributed by atoms with Gasteiger partial charge in [0.05, 0.1) is 0 Å². The van der Waals surface area contributed by atoms with E-state index >= 15 is 0 Å². The molecule has 1 unspecified atom stereocenters. The number of amides is 1. The van der Waals surface area contributed by atoms with Gasteiger partial charge >= 0.3 is 0 Å². The van der Waals surface area contributed by atoms with E-state index in [9.17, 15) is 13.6 Å². The summed E-state index contributed by atoms with van der Waals surface area (Å²) in [6.45, 7) is 1.77. The fraction of sp³-hybridized carbons (Fsp3) is 0.316. The summed E-state index contributed by atoms with van der Waals surface area (Å²) in [5.74, 6) is -1.90. The van der Waals surface area contributed by atoms with Gasteiger partial charge in [-0.05, 0) is 49.7 Å². The van der Waals surface area contributed by atoms with E-state index in [0.29, 0.717) is 4.90 Å². The number of halogens is 3. The number of nitrogens with one attached hydrogen (secondary N) is 2. The second-order valence-corrected chi connectivity index (χ2v) is 7.20. The molecule has 0 aromatic heterocycles. The van der Waals surface area contributed by atoms with Crippen LogP contribution >= 0.6 is 24.2 Å². The van der Waals surface area contributed by atoms with Gasteiger partial charge < -0.3 is 10.6 Å². The van der Waals surface area contributed by atoms with Crippen LogP contribution in [-0.2, 0) is 4.79 Å². The largest absolute Gasteiger partial charge is 0.352 e. The van der Waals surface area contributed by atoms with Crippen LogP contribution in [0.15, 0.2) is 53.4 Å². The summed E-state index contributed by atoms with van der Waals surface area (Å²) >= 11 is 1.23. The lowest BCUT2D eigenvalue weighted by Crippen LogP contribution is -2.44. The zero-order valence-electron chi connectivity index (χ0n) is 14.1. The normalized spacial score (nSPS) is 15.8. The van der Waals surface area contributed by atoms with E-state index in [1.165, 1.54) is 17.8 Å². The number of hydrogen-bond acceptors (Lipinski definition) is 3. The molecule has 1 aliphatic heterocycles. The zero-order valence-corrected chi connectivity index (χ0v) is 15.7. The number of thioether (sulfide) groups is 1. The van der Waals surface area contributed by atoms with Gasteiger partial charge in [0.2, 0.25) is 5.91 Å². The van der Waals surface area contributed by atoms with Crippen molar-refractivity contribution in [2.45, 2.75) is 29.0 Å². The molecular weight excluding hydrogens is 378 g/mol. The maximum atomic E-state index is 13.5. The molecule has 0 spiro atoms. The summed E-state index contributed by atoms with van der Waals surface area (Å²) in [6, 6.07) is 13.2. The van der Waals surface area contributed by atoms with Crippen LogP contribution in [0.3, 0.4) is 0 Å². The first-order chi connectivity index (χ1) is 12.1. The number of carbonyl (C=O) groups excluding carboxylic acids is 1. The molecule has 1 amide bonds. The highest BCUT2D eigenvalue weighted by atomic mass is 35.5. The standard InChI is InChI=1S/C19H20F2N2OS.ClH/c20-16-7-6-15(12-17(16)21)25-18(13-4-2-1-3-5-13)19(24)23-14-8-10-22-11-9-14;/h1-7,12,14,18,22H,8-11H2,(H,23,24);1H. The minimum atomic E-state index is -0.907. The van der Waals surface area contributed by atoms with Crippen molar-refractivity contribution in [2.75, 3.05) is 13.1 Å². The van der Waals surface area contributed by atoms with E-state index in [0.717, 1.165) is 43.6 Å². The van der Waals surface area contributed by atoms with E-state index < -0.39 is 16.9 Å². The quantitative estimate of drug-likeness (QED) is 0.745. The lowest BCUT2D eigenvalue weighted by molar-refractivity contribution is -0.121. The molecule has 2 N–H and O–H groups in total. The Bertz CT molecular complexity index is 727. The van der Waals surface area contributed by atoms with E-state index in [1.54, 1.807) is 0 Å². The molecule has 0 aliphatic carbocycles. The Kier molecular flexibility index (Phi) is 7.87. The van der Waals surface area contributed by atoms with Gasteiger partial charge in [-0.25, -0.2) is 8.78 Å². The molecule has 1 atom stereocenters.